The van der Waals surface area contributed by atoms with E-state index in [-0.39, 0.29) is 18.5 Å². The van der Waals surface area contributed by atoms with Crippen molar-refractivity contribution in [1.82, 2.24) is 10.6 Å². The van der Waals surface area contributed by atoms with Crippen molar-refractivity contribution in [3.63, 3.8) is 0 Å². The van der Waals surface area contributed by atoms with Gasteiger partial charge in [0.05, 0.1) is 6.54 Å². The summed E-state index contributed by atoms with van der Waals surface area (Å²) < 4.78 is 0. The van der Waals surface area contributed by atoms with Crippen molar-refractivity contribution in [3.8, 4) is 0 Å². The number of hydrogen-bond donors (Lipinski definition) is 3. The quantitative estimate of drug-likeness (QED) is 0.657. The molecule has 0 fully saturated rings. The highest BCUT2D eigenvalue weighted by Gasteiger charge is 2.12. The van der Waals surface area contributed by atoms with Gasteiger partial charge in [0, 0.05) is 11.7 Å². The second kappa shape index (κ2) is 8.27. The van der Waals surface area contributed by atoms with Gasteiger partial charge in [-0.15, -0.1) is 0 Å². The maximum absolute atomic E-state index is 12.0. The highest BCUT2D eigenvalue weighted by atomic mass is 16.2. The lowest BCUT2D eigenvalue weighted by molar-refractivity contribution is -0.119. The fourth-order valence-corrected chi connectivity index (χ4v) is 2.84. The zero-order valence-electron chi connectivity index (χ0n) is 14.5. The molecule has 0 aliphatic rings. The van der Waals surface area contributed by atoms with Crippen molar-refractivity contribution in [3.05, 3.63) is 78.4 Å². The average molecular weight is 347 g/mol. The molecule has 26 heavy (non-hydrogen) atoms. The Labute approximate surface area is 152 Å². The van der Waals surface area contributed by atoms with Crippen molar-refractivity contribution < 1.29 is 9.59 Å². The number of benzene rings is 3. The number of carbonyl (C=O) groups excluding carboxylic acids is 2. The first-order chi connectivity index (χ1) is 12.6. The summed E-state index contributed by atoms with van der Waals surface area (Å²) >= 11 is 0. The van der Waals surface area contributed by atoms with E-state index in [1.807, 2.05) is 49.4 Å². The number of carbonyl (C=O) groups is 2. The lowest BCUT2D eigenvalue weighted by atomic mass is 10.00. The molecule has 5 nitrogen and oxygen atoms in total. The molecule has 0 unspecified atom stereocenters. The Morgan fingerprint density at radius 1 is 0.885 bits per heavy atom. The molecule has 3 aromatic rings. The van der Waals surface area contributed by atoms with Crippen molar-refractivity contribution >= 4 is 28.4 Å². The van der Waals surface area contributed by atoms with E-state index in [0.29, 0.717) is 5.69 Å². The first-order valence-corrected chi connectivity index (χ1v) is 8.50. The van der Waals surface area contributed by atoms with Gasteiger partial charge in [-0.25, -0.2) is 4.79 Å². The smallest absolute Gasteiger partial charge is 0.308 e. The SMILES string of the molecule is C[C@H](NCC(=O)NC(=O)Nc1ccccc1)c1cccc2ccccc12. The van der Waals surface area contributed by atoms with Gasteiger partial charge in [0.25, 0.3) is 0 Å². The summed E-state index contributed by atoms with van der Waals surface area (Å²) in [5.74, 6) is -0.384. The van der Waals surface area contributed by atoms with E-state index < -0.39 is 6.03 Å². The lowest BCUT2D eigenvalue weighted by Gasteiger charge is -2.16. The Kier molecular flexibility index (Phi) is 5.61. The van der Waals surface area contributed by atoms with Crippen LogP contribution in [-0.4, -0.2) is 18.5 Å². The standard InChI is InChI=1S/C21H21N3O2/c1-15(18-13-7-9-16-8-5-6-12-19(16)18)22-14-20(25)24-21(26)23-17-10-3-2-4-11-17/h2-13,15,22H,14H2,1H3,(H2,23,24,25,26)/t15-/m0/s1. The molecule has 5 heteroatoms. The van der Waals surface area contributed by atoms with Gasteiger partial charge in [0.15, 0.2) is 0 Å². The van der Waals surface area contributed by atoms with E-state index in [4.69, 9.17) is 0 Å². The number of amides is 3. The Morgan fingerprint density at radius 2 is 1.58 bits per heavy atom. The molecule has 1 atom stereocenters. The summed E-state index contributed by atoms with van der Waals surface area (Å²) in [6.45, 7) is 2.05. The number of rotatable bonds is 5. The van der Waals surface area contributed by atoms with Crippen LogP contribution in [0.3, 0.4) is 0 Å². The third kappa shape index (κ3) is 4.46. The molecule has 0 saturated carbocycles. The molecule has 0 spiro atoms. The minimum absolute atomic E-state index is 0.0240. The summed E-state index contributed by atoms with van der Waals surface area (Å²) in [5.41, 5.74) is 1.75. The molecule has 3 rings (SSSR count). The van der Waals surface area contributed by atoms with Gasteiger partial charge in [-0.05, 0) is 35.4 Å². The maximum atomic E-state index is 12.0. The summed E-state index contributed by atoms with van der Waals surface area (Å²) in [4.78, 5) is 23.9. The van der Waals surface area contributed by atoms with Gasteiger partial charge in [-0.3, -0.25) is 10.1 Å². The van der Waals surface area contributed by atoms with Gasteiger partial charge in [0.2, 0.25) is 5.91 Å². The Morgan fingerprint density at radius 3 is 2.38 bits per heavy atom. The van der Waals surface area contributed by atoms with Crippen LogP contribution in [0.4, 0.5) is 10.5 Å². The molecule has 132 valence electrons. The van der Waals surface area contributed by atoms with E-state index in [1.54, 1.807) is 12.1 Å². The summed E-state index contributed by atoms with van der Waals surface area (Å²) in [6, 6.07) is 22.7. The van der Waals surface area contributed by atoms with Crippen LogP contribution in [-0.2, 0) is 4.79 Å². The molecule has 0 saturated heterocycles. The van der Waals surface area contributed by atoms with Crippen LogP contribution in [0.2, 0.25) is 0 Å². The summed E-state index contributed by atoms with van der Waals surface area (Å²) in [7, 11) is 0. The number of urea groups is 1. The number of fused-ring (bicyclic) bond motifs is 1. The second-order valence-corrected chi connectivity index (χ2v) is 6.04. The van der Waals surface area contributed by atoms with Crippen molar-refractivity contribution in [2.75, 3.05) is 11.9 Å². The van der Waals surface area contributed by atoms with Crippen molar-refractivity contribution in [1.29, 1.82) is 0 Å². The van der Waals surface area contributed by atoms with E-state index in [0.717, 1.165) is 16.3 Å². The topological polar surface area (TPSA) is 70.2 Å². The normalized spacial score (nSPS) is 11.7. The van der Waals surface area contributed by atoms with Crippen LogP contribution in [0.15, 0.2) is 72.8 Å². The van der Waals surface area contributed by atoms with Crippen molar-refractivity contribution in [2.24, 2.45) is 0 Å². The number of anilines is 1. The molecule has 3 amide bonds. The fourth-order valence-electron chi connectivity index (χ4n) is 2.84. The third-order valence-electron chi connectivity index (χ3n) is 4.14. The highest BCUT2D eigenvalue weighted by Crippen LogP contribution is 2.23. The average Bonchev–Trinajstić information content (AvgIpc) is 2.66. The lowest BCUT2D eigenvalue weighted by Crippen LogP contribution is -2.40. The van der Waals surface area contributed by atoms with Crippen LogP contribution >= 0.6 is 0 Å². The van der Waals surface area contributed by atoms with Crippen LogP contribution in [0.5, 0.6) is 0 Å². The molecule has 0 aromatic heterocycles. The second-order valence-electron chi connectivity index (χ2n) is 6.04. The number of imide groups is 1. The molecular weight excluding hydrogens is 326 g/mol. The van der Waals surface area contributed by atoms with Gasteiger partial charge in [0.1, 0.15) is 0 Å². The maximum Gasteiger partial charge on any atom is 0.325 e. The van der Waals surface area contributed by atoms with Crippen LogP contribution in [0.25, 0.3) is 10.8 Å². The number of hydrogen-bond acceptors (Lipinski definition) is 3. The van der Waals surface area contributed by atoms with Crippen molar-refractivity contribution in [2.45, 2.75) is 13.0 Å². The molecule has 0 heterocycles. The molecule has 0 aliphatic heterocycles. The third-order valence-corrected chi connectivity index (χ3v) is 4.14. The molecular formula is C21H21N3O2. The minimum Gasteiger partial charge on any atom is -0.308 e. The van der Waals surface area contributed by atoms with Crippen LogP contribution in [0.1, 0.15) is 18.5 Å². The molecule has 3 N–H and O–H groups in total. The number of nitrogens with one attached hydrogen (secondary N) is 3. The molecule has 0 aliphatic carbocycles. The predicted molar refractivity (Wildman–Crippen MR) is 104 cm³/mol. The summed E-state index contributed by atoms with van der Waals surface area (Å²) in [6.07, 6.45) is 0. The van der Waals surface area contributed by atoms with Gasteiger partial charge in [-0.1, -0.05) is 60.7 Å². The Bertz CT molecular complexity index is 904. The van der Waals surface area contributed by atoms with E-state index in [9.17, 15) is 9.59 Å². The van der Waals surface area contributed by atoms with E-state index >= 15 is 0 Å². The highest BCUT2D eigenvalue weighted by molar-refractivity contribution is 6.01. The number of para-hydroxylation sites is 1. The van der Waals surface area contributed by atoms with Gasteiger partial charge < -0.3 is 10.6 Å². The monoisotopic (exact) mass is 347 g/mol. The Hall–Kier alpha value is -3.18. The largest absolute Gasteiger partial charge is 0.325 e. The fraction of sp³-hybridized carbons (Fsp3) is 0.143. The zero-order valence-corrected chi connectivity index (χ0v) is 14.5. The summed E-state index contributed by atoms with van der Waals surface area (Å²) in [5, 5.41) is 10.4. The van der Waals surface area contributed by atoms with Gasteiger partial charge >= 0.3 is 6.03 Å². The molecule has 0 bridgehead atoms. The minimum atomic E-state index is -0.541. The predicted octanol–water partition coefficient (Wildman–Crippen LogP) is 3.84. The zero-order chi connectivity index (χ0) is 18.4. The van der Waals surface area contributed by atoms with E-state index in [2.05, 4.69) is 34.1 Å². The van der Waals surface area contributed by atoms with E-state index in [1.165, 1.54) is 0 Å². The Balaban J connectivity index is 1.54. The first-order valence-electron chi connectivity index (χ1n) is 8.50. The van der Waals surface area contributed by atoms with Crippen LogP contribution < -0.4 is 16.0 Å². The van der Waals surface area contributed by atoms with Gasteiger partial charge in [-0.2, -0.15) is 0 Å². The van der Waals surface area contributed by atoms with Crippen LogP contribution in [0, 0.1) is 0 Å². The molecule has 3 aromatic carbocycles. The molecule has 0 radical (unpaired) electrons. The first kappa shape index (κ1) is 17.6.